The van der Waals surface area contributed by atoms with Crippen molar-refractivity contribution >= 4 is 11.8 Å². The summed E-state index contributed by atoms with van der Waals surface area (Å²) < 4.78 is 11.7. The van der Waals surface area contributed by atoms with Gasteiger partial charge in [0.2, 0.25) is 5.90 Å². The Hall–Kier alpha value is -3.55. The van der Waals surface area contributed by atoms with Crippen molar-refractivity contribution in [1.82, 2.24) is 4.90 Å². The van der Waals surface area contributed by atoms with E-state index < -0.39 is 11.6 Å². The zero-order chi connectivity index (χ0) is 23.8. The van der Waals surface area contributed by atoms with Crippen molar-refractivity contribution in [2.75, 3.05) is 27.3 Å². The lowest BCUT2D eigenvalue weighted by Crippen LogP contribution is -2.52. The molecule has 0 saturated heterocycles. The van der Waals surface area contributed by atoms with E-state index in [2.05, 4.69) is 10.0 Å². The minimum atomic E-state index is -1.15. The van der Waals surface area contributed by atoms with Crippen molar-refractivity contribution in [2.24, 2.45) is 10.1 Å². The molecule has 2 aromatic rings. The molecule has 33 heavy (non-hydrogen) atoms. The highest BCUT2D eigenvalue weighted by Gasteiger charge is 2.51. The molecule has 0 fully saturated rings. The van der Waals surface area contributed by atoms with Gasteiger partial charge >= 0.3 is 0 Å². The van der Waals surface area contributed by atoms with Crippen LogP contribution in [0.15, 0.2) is 58.6 Å². The quantitative estimate of drug-likeness (QED) is 0.257. The molecule has 0 spiro atoms. The number of aliphatic hydroxyl groups excluding tert-OH is 1. The van der Waals surface area contributed by atoms with Gasteiger partial charge in [-0.05, 0) is 47.8 Å². The molecule has 1 aliphatic heterocycles. The molecular formula is C24H29N5O4. The van der Waals surface area contributed by atoms with E-state index in [1.54, 1.807) is 14.1 Å². The van der Waals surface area contributed by atoms with Crippen LogP contribution >= 0.6 is 0 Å². The molecule has 1 aliphatic rings. The summed E-state index contributed by atoms with van der Waals surface area (Å²) in [5.41, 5.74) is 10.1. The van der Waals surface area contributed by atoms with Crippen LogP contribution in [0.3, 0.4) is 0 Å². The van der Waals surface area contributed by atoms with Crippen molar-refractivity contribution in [2.45, 2.75) is 38.0 Å². The SMILES string of the molecule is C[C@H]1OC(c2ccc(OCCCO)cc2)=N[C@@]1(Cc1ccccc1CN=[N+]=[N-])C(=O)N(C)C. The Labute approximate surface area is 193 Å². The maximum atomic E-state index is 13.4. The number of carbonyl (C=O) groups excluding carboxylic acids is 1. The summed E-state index contributed by atoms with van der Waals surface area (Å²) in [6, 6.07) is 14.9. The van der Waals surface area contributed by atoms with Crippen LogP contribution in [0.1, 0.15) is 30.0 Å². The van der Waals surface area contributed by atoms with Crippen LogP contribution in [0.4, 0.5) is 0 Å². The first-order valence-electron chi connectivity index (χ1n) is 10.8. The smallest absolute Gasteiger partial charge is 0.254 e. The van der Waals surface area contributed by atoms with E-state index in [1.165, 1.54) is 4.90 Å². The first kappa shape index (κ1) is 24.1. The van der Waals surface area contributed by atoms with Crippen LogP contribution in [-0.4, -0.2) is 60.8 Å². The van der Waals surface area contributed by atoms with Gasteiger partial charge < -0.3 is 19.5 Å². The van der Waals surface area contributed by atoms with E-state index in [-0.39, 0.29) is 19.1 Å². The Kier molecular flexibility index (Phi) is 7.92. The van der Waals surface area contributed by atoms with E-state index in [0.717, 1.165) is 16.7 Å². The minimum Gasteiger partial charge on any atom is -0.494 e. The number of rotatable bonds is 10. The Morgan fingerprint density at radius 2 is 1.94 bits per heavy atom. The first-order chi connectivity index (χ1) is 15.9. The standard InChI is InChI=1S/C24H29N5O4/c1-17-24(23(31)29(2)3,15-19-7-4-5-8-20(19)16-26-28-25)27-22(33-17)18-9-11-21(12-10-18)32-14-6-13-30/h4-5,7-12,17,30H,6,13-16H2,1-3H3/t17-,24-/m1/s1. The number of aliphatic imine (C=N–C) groups is 1. The molecule has 0 aliphatic carbocycles. The highest BCUT2D eigenvalue weighted by atomic mass is 16.5. The highest BCUT2D eigenvalue weighted by molar-refractivity contribution is 6.00. The summed E-state index contributed by atoms with van der Waals surface area (Å²) in [5.74, 6) is 0.918. The Morgan fingerprint density at radius 3 is 2.58 bits per heavy atom. The summed E-state index contributed by atoms with van der Waals surface area (Å²) in [6.07, 6.45) is 0.370. The molecule has 0 unspecified atom stereocenters. The molecule has 3 rings (SSSR count). The Balaban J connectivity index is 1.95. The first-order valence-corrected chi connectivity index (χ1v) is 10.8. The molecule has 9 nitrogen and oxygen atoms in total. The molecule has 2 atom stereocenters. The van der Waals surface area contributed by atoms with E-state index in [9.17, 15) is 4.79 Å². The van der Waals surface area contributed by atoms with Crippen molar-refractivity contribution in [3.05, 3.63) is 75.7 Å². The van der Waals surface area contributed by atoms with Crippen LogP contribution < -0.4 is 4.74 Å². The Morgan fingerprint density at radius 1 is 1.24 bits per heavy atom. The molecule has 0 saturated carbocycles. The van der Waals surface area contributed by atoms with E-state index in [1.807, 2.05) is 55.5 Å². The molecule has 1 N–H and O–H groups in total. The summed E-state index contributed by atoms with van der Waals surface area (Å²) >= 11 is 0. The monoisotopic (exact) mass is 451 g/mol. The molecule has 2 aromatic carbocycles. The largest absolute Gasteiger partial charge is 0.494 e. The molecule has 0 bridgehead atoms. The minimum absolute atomic E-state index is 0.0780. The lowest BCUT2D eigenvalue weighted by atomic mass is 9.84. The number of likely N-dealkylation sites (N-methyl/N-ethyl adjacent to an activating group) is 1. The van der Waals surface area contributed by atoms with Crippen molar-refractivity contribution in [1.29, 1.82) is 0 Å². The number of amides is 1. The van der Waals surface area contributed by atoms with Gasteiger partial charge in [-0.25, -0.2) is 4.99 Å². The number of nitrogens with zero attached hydrogens (tertiary/aromatic N) is 5. The molecule has 1 amide bonds. The number of hydrogen-bond donors (Lipinski definition) is 1. The van der Waals surface area contributed by atoms with Crippen molar-refractivity contribution in [3.63, 3.8) is 0 Å². The molecule has 0 aromatic heterocycles. The van der Waals surface area contributed by atoms with Gasteiger partial charge in [-0.15, -0.1) is 0 Å². The maximum Gasteiger partial charge on any atom is 0.254 e. The maximum absolute atomic E-state index is 13.4. The second kappa shape index (κ2) is 10.8. The van der Waals surface area contributed by atoms with E-state index in [4.69, 9.17) is 25.1 Å². The van der Waals surface area contributed by atoms with Crippen LogP contribution in [0.2, 0.25) is 0 Å². The van der Waals surface area contributed by atoms with Gasteiger partial charge in [0.1, 0.15) is 11.9 Å². The topological polar surface area (TPSA) is 120 Å². The van der Waals surface area contributed by atoms with E-state index >= 15 is 0 Å². The highest BCUT2D eigenvalue weighted by Crippen LogP contribution is 2.34. The van der Waals surface area contributed by atoms with Gasteiger partial charge in [0.05, 0.1) is 13.2 Å². The van der Waals surface area contributed by atoms with Crippen molar-refractivity contribution in [3.8, 4) is 5.75 Å². The van der Waals surface area contributed by atoms with Gasteiger partial charge in [0, 0.05) is 44.0 Å². The predicted molar refractivity (Wildman–Crippen MR) is 125 cm³/mol. The summed E-state index contributed by atoms with van der Waals surface area (Å²) in [5, 5.41) is 12.6. The number of azide groups is 1. The fourth-order valence-electron chi connectivity index (χ4n) is 3.79. The molecule has 1 heterocycles. The van der Waals surface area contributed by atoms with Crippen LogP contribution in [0, 0.1) is 0 Å². The third kappa shape index (κ3) is 5.45. The van der Waals surface area contributed by atoms with Crippen LogP contribution in [-0.2, 0) is 22.5 Å². The van der Waals surface area contributed by atoms with Gasteiger partial charge in [0.25, 0.3) is 5.91 Å². The van der Waals surface area contributed by atoms with E-state index in [0.29, 0.717) is 31.1 Å². The lowest BCUT2D eigenvalue weighted by Gasteiger charge is -2.31. The number of carbonyl (C=O) groups is 1. The average Bonchev–Trinajstić information content (AvgIpc) is 3.15. The normalized spacial score (nSPS) is 19.3. The fourth-order valence-corrected chi connectivity index (χ4v) is 3.79. The zero-order valence-electron chi connectivity index (χ0n) is 19.1. The average molecular weight is 452 g/mol. The summed E-state index contributed by atoms with van der Waals surface area (Å²) in [7, 11) is 3.41. The molecule has 9 heteroatoms. The number of hydrogen-bond acceptors (Lipinski definition) is 6. The molecular weight excluding hydrogens is 422 g/mol. The summed E-state index contributed by atoms with van der Waals surface area (Å²) in [4.78, 5) is 22.6. The second-order valence-corrected chi connectivity index (χ2v) is 8.09. The number of benzene rings is 2. The van der Waals surface area contributed by atoms with Crippen LogP contribution in [0.25, 0.3) is 10.4 Å². The van der Waals surface area contributed by atoms with Crippen LogP contribution in [0.5, 0.6) is 5.75 Å². The van der Waals surface area contributed by atoms with Crippen molar-refractivity contribution < 1.29 is 19.4 Å². The fraction of sp³-hybridized carbons (Fsp3) is 0.417. The van der Waals surface area contributed by atoms with Gasteiger partial charge in [0.15, 0.2) is 5.54 Å². The second-order valence-electron chi connectivity index (χ2n) is 8.09. The molecule has 0 radical (unpaired) electrons. The van der Waals surface area contributed by atoms with Gasteiger partial charge in [-0.1, -0.05) is 29.4 Å². The lowest BCUT2D eigenvalue weighted by molar-refractivity contribution is -0.136. The summed E-state index contributed by atoms with van der Waals surface area (Å²) in [6.45, 7) is 2.55. The third-order valence-electron chi connectivity index (χ3n) is 5.59. The third-order valence-corrected chi connectivity index (χ3v) is 5.59. The number of ether oxygens (including phenoxy) is 2. The Bertz CT molecular complexity index is 1050. The van der Waals surface area contributed by atoms with Gasteiger partial charge in [-0.3, -0.25) is 4.79 Å². The predicted octanol–water partition coefficient (Wildman–Crippen LogP) is 3.49. The molecule has 174 valence electrons. The zero-order valence-corrected chi connectivity index (χ0v) is 19.1. The van der Waals surface area contributed by atoms with Gasteiger partial charge in [-0.2, -0.15) is 0 Å². The number of aliphatic hydroxyl groups is 1.